The number of halogens is 1. The summed E-state index contributed by atoms with van der Waals surface area (Å²) in [6.07, 6.45) is 1.64. The van der Waals surface area contributed by atoms with Gasteiger partial charge in [0, 0.05) is 24.3 Å². The average molecular weight is 357 g/mol. The number of anilines is 1. The van der Waals surface area contributed by atoms with E-state index in [-0.39, 0.29) is 5.91 Å². The van der Waals surface area contributed by atoms with Gasteiger partial charge in [-0.05, 0) is 34.1 Å². The minimum absolute atomic E-state index is 0.205. The van der Waals surface area contributed by atoms with Crippen molar-refractivity contribution < 1.29 is 14.3 Å². The molecule has 1 N–H and O–H groups in total. The largest absolute Gasteiger partial charge is 0.490 e. The molecule has 106 valence electrons. The number of rotatable bonds is 6. The van der Waals surface area contributed by atoms with Gasteiger partial charge in [0.25, 0.3) is 5.91 Å². The van der Waals surface area contributed by atoms with E-state index < -0.39 is 0 Å². The number of hydrogen-bond donors (Lipinski definition) is 1. The highest BCUT2D eigenvalue weighted by molar-refractivity contribution is 9.10. The summed E-state index contributed by atoms with van der Waals surface area (Å²) in [6, 6.07) is 5.16. The minimum Gasteiger partial charge on any atom is -0.490 e. The molecule has 2 aromatic rings. The van der Waals surface area contributed by atoms with Crippen molar-refractivity contribution in [3.8, 4) is 5.75 Å². The third kappa shape index (κ3) is 4.03. The van der Waals surface area contributed by atoms with E-state index in [0.29, 0.717) is 29.7 Å². The highest BCUT2D eigenvalue weighted by atomic mass is 79.9. The first kappa shape index (κ1) is 15.0. The lowest BCUT2D eigenvalue weighted by Gasteiger charge is -2.09. The number of methoxy groups -OCH3 is 1. The Morgan fingerprint density at radius 3 is 2.95 bits per heavy atom. The van der Waals surface area contributed by atoms with E-state index in [1.165, 1.54) is 11.3 Å². The maximum Gasteiger partial charge on any atom is 0.257 e. The van der Waals surface area contributed by atoms with Gasteiger partial charge < -0.3 is 9.47 Å². The van der Waals surface area contributed by atoms with Crippen molar-refractivity contribution in [3.05, 3.63) is 39.8 Å². The van der Waals surface area contributed by atoms with Gasteiger partial charge in [-0.2, -0.15) is 0 Å². The molecule has 7 heteroatoms. The average Bonchev–Trinajstić information content (AvgIpc) is 2.93. The van der Waals surface area contributed by atoms with Gasteiger partial charge in [-0.25, -0.2) is 4.98 Å². The van der Waals surface area contributed by atoms with Crippen molar-refractivity contribution in [1.82, 2.24) is 4.98 Å². The predicted octanol–water partition coefficient (Wildman–Crippen LogP) is 3.18. The van der Waals surface area contributed by atoms with Gasteiger partial charge in [-0.3, -0.25) is 10.1 Å². The lowest BCUT2D eigenvalue weighted by atomic mass is 10.2. The number of ether oxygens (including phenoxy) is 2. The molecule has 0 atom stereocenters. The SMILES string of the molecule is COCCOc1ccc(C(=O)Nc2nccs2)cc1Br. The quantitative estimate of drug-likeness (QED) is 0.807. The van der Waals surface area contributed by atoms with Crippen LogP contribution in [0, 0.1) is 0 Å². The Hall–Kier alpha value is -1.44. The molecule has 0 fully saturated rings. The standard InChI is InChI=1S/C13H13BrN2O3S/c1-18-5-6-19-11-3-2-9(8-10(11)14)12(17)16-13-15-4-7-20-13/h2-4,7-8H,5-6H2,1H3,(H,15,16,17). The van der Waals surface area contributed by atoms with Crippen molar-refractivity contribution in [2.45, 2.75) is 0 Å². The van der Waals surface area contributed by atoms with E-state index in [0.717, 1.165) is 4.47 Å². The number of amides is 1. The van der Waals surface area contributed by atoms with Gasteiger partial charge in [0.1, 0.15) is 12.4 Å². The Labute approximate surface area is 129 Å². The number of carbonyl (C=O) groups excluding carboxylic acids is 1. The van der Waals surface area contributed by atoms with Crippen LogP contribution in [-0.4, -0.2) is 31.2 Å². The van der Waals surface area contributed by atoms with Gasteiger partial charge in [0.05, 0.1) is 11.1 Å². The zero-order chi connectivity index (χ0) is 14.4. The van der Waals surface area contributed by atoms with E-state index in [4.69, 9.17) is 9.47 Å². The van der Waals surface area contributed by atoms with E-state index in [9.17, 15) is 4.79 Å². The maximum absolute atomic E-state index is 12.0. The van der Waals surface area contributed by atoms with Crippen molar-refractivity contribution >= 4 is 38.3 Å². The molecule has 0 aliphatic rings. The fraction of sp³-hybridized carbons (Fsp3) is 0.231. The topological polar surface area (TPSA) is 60.5 Å². The van der Waals surface area contributed by atoms with E-state index >= 15 is 0 Å². The van der Waals surface area contributed by atoms with Crippen molar-refractivity contribution in [3.63, 3.8) is 0 Å². The molecular weight excluding hydrogens is 344 g/mol. The number of benzene rings is 1. The molecule has 0 spiro atoms. The van der Waals surface area contributed by atoms with Gasteiger partial charge in [-0.15, -0.1) is 11.3 Å². The van der Waals surface area contributed by atoms with Crippen LogP contribution in [0.15, 0.2) is 34.2 Å². The Morgan fingerprint density at radius 1 is 1.45 bits per heavy atom. The molecule has 0 radical (unpaired) electrons. The molecule has 1 aromatic heterocycles. The van der Waals surface area contributed by atoms with Gasteiger partial charge in [-0.1, -0.05) is 0 Å². The van der Waals surface area contributed by atoms with Crippen LogP contribution in [0.25, 0.3) is 0 Å². The highest BCUT2D eigenvalue weighted by Crippen LogP contribution is 2.26. The number of hydrogen-bond acceptors (Lipinski definition) is 5. The van der Waals surface area contributed by atoms with Crippen LogP contribution in [0.5, 0.6) is 5.75 Å². The summed E-state index contributed by atoms with van der Waals surface area (Å²) in [7, 11) is 1.62. The Balaban J connectivity index is 2.02. The molecule has 0 unspecified atom stereocenters. The van der Waals surface area contributed by atoms with E-state index in [1.54, 1.807) is 36.9 Å². The monoisotopic (exact) mass is 356 g/mol. The second kappa shape index (κ2) is 7.37. The number of nitrogens with zero attached hydrogens (tertiary/aromatic N) is 1. The summed E-state index contributed by atoms with van der Waals surface area (Å²) in [5.41, 5.74) is 0.533. The summed E-state index contributed by atoms with van der Waals surface area (Å²) in [5.74, 6) is 0.469. The molecule has 0 saturated carbocycles. The van der Waals surface area contributed by atoms with Crippen LogP contribution in [0.2, 0.25) is 0 Å². The zero-order valence-electron chi connectivity index (χ0n) is 10.8. The minimum atomic E-state index is -0.205. The predicted molar refractivity (Wildman–Crippen MR) is 81.6 cm³/mol. The summed E-state index contributed by atoms with van der Waals surface area (Å²) < 4.78 is 11.1. The first-order valence-corrected chi connectivity index (χ1v) is 7.50. The van der Waals surface area contributed by atoms with Crippen molar-refractivity contribution in [1.29, 1.82) is 0 Å². The van der Waals surface area contributed by atoms with Crippen LogP contribution in [0.1, 0.15) is 10.4 Å². The van der Waals surface area contributed by atoms with Crippen LogP contribution in [0.3, 0.4) is 0 Å². The number of aromatic nitrogens is 1. The maximum atomic E-state index is 12.0. The molecule has 1 amide bonds. The molecule has 2 rings (SSSR count). The summed E-state index contributed by atoms with van der Waals surface area (Å²) >= 11 is 4.76. The first-order chi connectivity index (χ1) is 9.70. The fourth-order valence-electron chi connectivity index (χ4n) is 1.45. The Bertz CT molecular complexity index is 575. The molecule has 0 saturated heterocycles. The molecule has 1 aromatic carbocycles. The van der Waals surface area contributed by atoms with Gasteiger partial charge >= 0.3 is 0 Å². The van der Waals surface area contributed by atoms with E-state index in [1.807, 2.05) is 0 Å². The molecule has 0 bridgehead atoms. The summed E-state index contributed by atoms with van der Waals surface area (Å²) in [6.45, 7) is 0.971. The van der Waals surface area contributed by atoms with Crippen LogP contribution in [-0.2, 0) is 4.74 Å². The molecule has 20 heavy (non-hydrogen) atoms. The zero-order valence-corrected chi connectivity index (χ0v) is 13.2. The molecular formula is C13H13BrN2O3S. The van der Waals surface area contributed by atoms with Crippen LogP contribution < -0.4 is 10.1 Å². The number of carbonyl (C=O) groups is 1. The second-order valence-electron chi connectivity index (χ2n) is 3.78. The fourth-order valence-corrected chi connectivity index (χ4v) is 2.47. The lowest BCUT2D eigenvalue weighted by molar-refractivity contribution is 0.102. The lowest BCUT2D eigenvalue weighted by Crippen LogP contribution is -2.12. The Morgan fingerprint density at radius 2 is 2.30 bits per heavy atom. The third-order valence-corrected chi connectivity index (χ3v) is 3.70. The molecule has 1 heterocycles. The smallest absolute Gasteiger partial charge is 0.257 e. The van der Waals surface area contributed by atoms with Gasteiger partial charge in [0.15, 0.2) is 5.13 Å². The van der Waals surface area contributed by atoms with Crippen LogP contribution in [0.4, 0.5) is 5.13 Å². The molecule has 5 nitrogen and oxygen atoms in total. The second-order valence-corrected chi connectivity index (χ2v) is 5.53. The third-order valence-electron chi connectivity index (χ3n) is 2.39. The van der Waals surface area contributed by atoms with E-state index in [2.05, 4.69) is 26.2 Å². The summed E-state index contributed by atoms with van der Waals surface area (Å²) in [4.78, 5) is 16.0. The molecule has 0 aliphatic heterocycles. The van der Waals surface area contributed by atoms with Crippen molar-refractivity contribution in [2.75, 3.05) is 25.6 Å². The summed E-state index contributed by atoms with van der Waals surface area (Å²) in [5, 5.41) is 5.10. The van der Waals surface area contributed by atoms with Crippen molar-refractivity contribution in [2.24, 2.45) is 0 Å². The first-order valence-electron chi connectivity index (χ1n) is 5.83. The highest BCUT2D eigenvalue weighted by Gasteiger charge is 2.10. The normalized spacial score (nSPS) is 10.3. The molecule has 0 aliphatic carbocycles. The van der Waals surface area contributed by atoms with Gasteiger partial charge in [0.2, 0.25) is 0 Å². The van der Waals surface area contributed by atoms with Crippen LogP contribution >= 0.6 is 27.3 Å². The number of thiazole rings is 1. The Kier molecular flexibility index (Phi) is 5.51. The number of nitrogens with one attached hydrogen (secondary N) is 1.